The maximum absolute atomic E-state index is 13.7. The summed E-state index contributed by atoms with van der Waals surface area (Å²) in [7, 11) is 0. The summed E-state index contributed by atoms with van der Waals surface area (Å²) in [6.07, 6.45) is -1.80. The minimum Gasteiger partial charge on any atom is -0.391 e. The molecule has 0 bridgehead atoms. The van der Waals surface area contributed by atoms with Crippen LogP contribution in [0.2, 0.25) is 5.02 Å². The molecule has 0 unspecified atom stereocenters. The number of carbonyl (C=O) groups is 2. The molecule has 2 aromatic heterocycles. The smallest absolute Gasteiger partial charge is 0.391 e. The van der Waals surface area contributed by atoms with Gasteiger partial charge in [0.15, 0.2) is 5.69 Å². The highest BCUT2D eigenvalue weighted by Crippen LogP contribution is 2.53. The van der Waals surface area contributed by atoms with Gasteiger partial charge in [-0.2, -0.15) is 18.3 Å². The van der Waals surface area contributed by atoms with Gasteiger partial charge < -0.3 is 14.9 Å². The summed E-state index contributed by atoms with van der Waals surface area (Å²) in [6, 6.07) is 2.41. The molecule has 2 amide bonds. The van der Waals surface area contributed by atoms with E-state index in [-0.39, 0.29) is 59.7 Å². The quantitative estimate of drug-likeness (QED) is 0.729. The highest BCUT2D eigenvalue weighted by Gasteiger charge is 2.55. The van der Waals surface area contributed by atoms with E-state index in [0.717, 1.165) is 31.7 Å². The molecule has 3 heterocycles. The lowest BCUT2D eigenvalue weighted by molar-refractivity contribution is -0.142. The van der Waals surface area contributed by atoms with Crippen LogP contribution in [0.4, 0.5) is 13.2 Å². The molecule has 1 aliphatic heterocycles. The fourth-order valence-electron chi connectivity index (χ4n) is 5.50. The molecule has 33 heavy (non-hydrogen) atoms. The first kappa shape index (κ1) is 21.2. The molecule has 4 aliphatic rings. The van der Waals surface area contributed by atoms with Crippen molar-refractivity contribution in [2.24, 2.45) is 11.8 Å². The average Bonchev–Trinajstić information content (AvgIpc) is 3.68. The van der Waals surface area contributed by atoms with Crippen LogP contribution >= 0.6 is 11.6 Å². The molecule has 1 N–H and O–H groups in total. The number of rotatable bonds is 3. The zero-order valence-corrected chi connectivity index (χ0v) is 18.3. The summed E-state index contributed by atoms with van der Waals surface area (Å²) in [6.45, 7) is 0.240. The molecule has 6 rings (SSSR count). The van der Waals surface area contributed by atoms with Crippen molar-refractivity contribution in [3.8, 4) is 0 Å². The molecule has 4 fully saturated rings. The van der Waals surface area contributed by atoms with Gasteiger partial charge in [0.25, 0.3) is 5.91 Å². The van der Waals surface area contributed by atoms with Crippen molar-refractivity contribution in [1.82, 2.24) is 19.4 Å². The second-order valence-electron chi connectivity index (χ2n) is 9.67. The van der Waals surface area contributed by atoms with E-state index in [9.17, 15) is 27.9 Å². The third-order valence-corrected chi connectivity index (χ3v) is 7.91. The minimum atomic E-state index is -4.66. The Morgan fingerprint density at radius 3 is 2.55 bits per heavy atom. The number of amides is 2. The number of fused-ring (bicyclic) bond motifs is 2. The predicted molar refractivity (Wildman–Crippen MR) is 111 cm³/mol. The monoisotopic (exact) mass is 482 g/mol. The van der Waals surface area contributed by atoms with Crippen LogP contribution in [0.25, 0.3) is 5.52 Å². The fourth-order valence-corrected chi connectivity index (χ4v) is 5.75. The Morgan fingerprint density at radius 2 is 1.94 bits per heavy atom. The van der Waals surface area contributed by atoms with Crippen LogP contribution < -0.4 is 0 Å². The zero-order valence-electron chi connectivity index (χ0n) is 17.6. The molecular weight excluding hydrogens is 461 g/mol. The molecule has 0 aromatic carbocycles. The SMILES string of the molecule is O=C(c1nn2c(C(F)(F)F)cc(C3CC3)cc2c1Cl)N1CCN([C@@H]2C[C@H]3C[C@H]3[C@H]2O)C(=O)C1. The molecule has 0 radical (unpaired) electrons. The Hall–Kier alpha value is -2.33. The molecule has 7 nitrogen and oxygen atoms in total. The van der Waals surface area contributed by atoms with Gasteiger partial charge in [-0.15, -0.1) is 0 Å². The number of piperazine rings is 1. The summed E-state index contributed by atoms with van der Waals surface area (Å²) in [5.74, 6) is -0.163. The molecule has 2 aromatic rings. The summed E-state index contributed by atoms with van der Waals surface area (Å²) in [5.41, 5.74) is -0.696. The van der Waals surface area contributed by atoms with Crippen LogP contribution in [0.1, 0.15) is 53.3 Å². The summed E-state index contributed by atoms with van der Waals surface area (Å²) < 4.78 is 41.8. The van der Waals surface area contributed by atoms with Crippen LogP contribution in [-0.4, -0.2) is 68.1 Å². The third-order valence-electron chi connectivity index (χ3n) is 7.54. The normalized spacial score (nSPS) is 29.7. The van der Waals surface area contributed by atoms with Gasteiger partial charge in [0.2, 0.25) is 5.91 Å². The molecular formula is C22H22ClF3N4O3. The van der Waals surface area contributed by atoms with E-state index < -0.39 is 23.9 Å². The Kier molecular flexibility index (Phi) is 4.56. The number of nitrogens with zero attached hydrogens (tertiary/aromatic N) is 4. The van der Waals surface area contributed by atoms with Gasteiger partial charge in [-0.25, -0.2) is 4.52 Å². The summed E-state index contributed by atoms with van der Waals surface area (Å²) in [4.78, 5) is 28.8. The molecule has 4 atom stereocenters. The zero-order chi connectivity index (χ0) is 23.2. The highest BCUT2D eigenvalue weighted by atomic mass is 35.5. The number of aliphatic hydroxyl groups excluding tert-OH is 1. The van der Waals surface area contributed by atoms with Gasteiger partial charge in [-0.05, 0) is 61.1 Å². The lowest BCUT2D eigenvalue weighted by Gasteiger charge is -2.39. The number of carbonyl (C=O) groups excluding carboxylic acids is 2. The first-order valence-corrected chi connectivity index (χ1v) is 11.6. The van der Waals surface area contributed by atoms with Crippen molar-refractivity contribution in [2.75, 3.05) is 19.6 Å². The van der Waals surface area contributed by atoms with Crippen LogP contribution in [0, 0.1) is 11.8 Å². The van der Waals surface area contributed by atoms with E-state index in [2.05, 4.69) is 5.10 Å². The van der Waals surface area contributed by atoms with E-state index in [1.54, 1.807) is 11.0 Å². The van der Waals surface area contributed by atoms with E-state index in [0.29, 0.717) is 16.0 Å². The van der Waals surface area contributed by atoms with Crippen LogP contribution in [0.5, 0.6) is 0 Å². The summed E-state index contributed by atoms with van der Waals surface area (Å²) >= 11 is 6.37. The maximum Gasteiger partial charge on any atom is 0.433 e. The minimum absolute atomic E-state index is 0.0370. The molecule has 176 valence electrons. The number of pyridine rings is 1. The first-order valence-electron chi connectivity index (χ1n) is 11.2. The Bertz CT molecular complexity index is 1180. The largest absolute Gasteiger partial charge is 0.433 e. The van der Waals surface area contributed by atoms with Crippen LogP contribution in [0.3, 0.4) is 0 Å². The molecule has 1 saturated heterocycles. The van der Waals surface area contributed by atoms with Crippen LogP contribution in [0.15, 0.2) is 12.1 Å². The van der Waals surface area contributed by atoms with Crippen molar-refractivity contribution in [1.29, 1.82) is 0 Å². The lowest BCUT2D eigenvalue weighted by atomic mass is 10.1. The van der Waals surface area contributed by atoms with Crippen molar-refractivity contribution >= 4 is 28.9 Å². The van der Waals surface area contributed by atoms with Crippen molar-refractivity contribution in [3.05, 3.63) is 34.1 Å². The van der Waals surface area contributed by atoms with E-state index in [1.807, 2.05) is 0 Å². The number of aromatic nitrogens is 2. The second kappa shape index (κ2) is 7.09. The van der Waals surface area contributed by atoms with E-state index >= 15 is 0 Å². The van der Waals surface area contributed by atoms with E-state index in [1.165, 1.54) is 4.90 Å². The van der Waals surface area contributed by atoms with E-state index in [4.69, 9.17) is 11.6 Å². The number of alkyl halides is 3. The lowest BCUT2D eigenvalue weighted by Crippen LogP contribution is -2.57. The molecule has 0 spiro atoms. The standard InChI is InChI=1S/C22H22ClF3N4O3/c23-18-14-6-11(10-1-2-10)8-16(22(24,25)26)30(14)27-19(18)21(33)28-3-4-29(17(31)9-28)15-7-12-5-13(12)20(15)32/h6,8,10,12-13,15,20,32H,1-5,7,9H2/t12-,13-,15-,20-/m1/s1. The highest BCUT2D eigenvalue weighted by molar-refractivity contribution is 6.36. The number of hydrogen-bond donors (Lipinski definition) is 1. The van der Waals surface area contributed by atoms with Crippen molar-refractivity contribution in [3.63, 3.8) is 0 Å². The third kappa shape index (κ3) is 3.41. The topological polar surface area (TPSA) is 78.2 Å². The van der Waals surface area contributed by atoms with Gasteiger partial charge in [-0.3, -0.25) is 9.59 Å². The molecule has 11 heteroatoms. The number of hydrogen-bond acceptors (Lipinski definition) is 4. The fraction of sp³-hybridized carbons (Fsp3) is 0.591. The van der Waals surface area contributed by atoms with Gasteiger partial charge >= 0.3 is 6.18 Å². The number of halogens is 4. The Morgan fingerprint density at radius 1 is 1.18 bits per heavy atom. The van der Waals surface area contributed by atoms with Gasteiger partial charge in [-0.1, -0.05) is 11.6 Å². The van der Waals surface area contributed by atoms with Gasteiger partial charge in [0.05, 0.1) is 22.7 Å². The molecule has 3 aliphatic carbocycles. The van der Waals surface area contributed by atoms with Crippen molar-refractivity contribution in [2.45, 2.75) is 49.9 Å². The predicted octanol–water partition coefficient (Wildman–Crippen LogP) is 2.94. The van der Waals surface area contributed by atoms with Crippen LogP contribution in [-0.2, 0) is 11.0 Å². The maximum atomic E-state index is 13.7. The second-order valence-corrected chi connectivity index (χ2v) is 10.1. The molecule has 3 saturated carbocycles. The van der Waals surface area contributed by atoms with Crippen molar-refractivity contribution < 1.29 is 27.9 Å². The Labute approximate surface area is 192 Å². The summed E-state index contributed by atoms with van der Waals surface area (Å²) in [5, 5.41) is 14.2. The van der Waals surface area contributed by atoms with Gasteiger partial charge in [0.1, 0.15) is 12.2 Å². The average molecular weight is 483 g/mol. The first-order chi connectivity index (χ1) is 15.6. The van der Waals surface area contributed by atoms with Gasteiger partial charge in [0, 0.05) is 13.1 Å². The Balaban J connectivity index is 1.27. The number of aliphatic hydroxyl groups is 1.